The number of hydrogen-bond donors (Lipinski definition) is 0. The van der Waals surface area contributed by atoms with Gasteiger partial charge in [-0.15, -0.1) is 0 Å². The molecular weight excluding hydrogens is 158 g/mol. The van der Waals surface area contributed by atoms with E-state index in [1.54, 1.807) is 0 Å². The molecular formula is C4H4NO2S2. The summed E-state index contributed by atoms with van der Waals surface area (Å²) in [5, 5.41) is 0. The summed E-state index contributed by atoms with van der Waals surface area (Å²) in [7, 11) is -3.03. The number of rotatable bonds is 1. The normalized spacial score (nSPS) is 11.7. The van der Waals surface area contributed by atoms with Crippen LogP contribution < -0.4 is 0 Å². The van der Waals surface area contributed by atoms with Gasteiger partial charge >= 0.3 is 0 Å². The predicted octanol–water partition coefficient (Wildman–Crippen LogP) is 0.347. The Labute approximate surface area is 57.4 Å². The Bertz CT molecular complexity index is 274. The molecule has 1 heterocycles. The first-order valence-electron chi connectivity index (χ1n) is 2.13. The zero-order valence-corrected chi connectivity index (χ0v) is 6.29. The van der Waals surface area contributed by atoms with Crippen molar-refractivity contribution in [2.24, 2.45) is 0 Å². The summed E-state index contributed by atoms with van der Waals surface area (Å²) in [4.78, 5) is 0. The molecule has 0 aliphatic carbocycles. The van der Waals surface area contributed by atoms with Crippen molar-refractivity contribution in [3.05, 3.63) is 12.3 Å². The maximum Gasteiger partial charge on any atom is 0.186 e. The summed E-state index contributed by atoms with van der Waals surface area (Å²) in [6, 6.07) is 1.36. The minimum absolute atomic E-state index is 0.266. The Balaban J connectivity index is 3.20. The smallest absolute Gasteiger partial charge is 0.186 e. The molecule has 3 nitrogen and oxygen atoms in total. The molecule has 0 aliphatic heterocycles. The Morgan fingerprint density at radius 2 is 2.44 bits per heavy atom. The van der Waals surface area contributed by atoms with E-state index in [0.717, 1.165) is 17.8 Å². The van der Waals surface area contributed by atoms with E-state index in [0.29, 0.717) is 0 Å². The topological polar surface area (TPSA) is 47.0 Å². The van der Waals surface area contributed by atoms with Crippen molar-refractivity contribution >= 4 is 21.4 Å². The Morgan fingerprint density at radius 1 is 1.78 bits per heavy atom. The fourth-order valence-electron chi connectivity index (χ4n) is 0.351. The lowest BCUT2D eigenvalue weighted by Gasteiger charge is -1.84. The molecule has 0 saturated heterocycles. The first-order chi connectivity index (χ1) is 4.11. The van der Waals surface area contributed by atoms with Gasteiger partial charge in [0.1, 0.15) is 10.4 Å². The maximum atomic E-state index is 10.6. The average Bonchev–Trinajstić information content (AvgIpc) is 2.08. The second-order valence-electron chi connectivity index (χ2n) is 1.55. The van der Waals surface area contributed by atoms with Gasteiger partial charge in [0, 0.05) is 6.26 Å². The van der Waals surface area contributed by atoms with Crippen LogP contribution in [0.25, 0.3) is 0 Å². The molecule has 0 unspecified atom stereocenters. The standard InChI is InChI=1S/C4H4NO2S2/c1-9(6,7)4-2-3-5-8-4/h2H,1H3. The third kappa shape index (κ3) is 1.49. The fraction of sp³-hybridized carbons (Fsp3) is 0.250. The van der Waals surface area contributed by atoms with E-state index in [9.17, 15) is 8.42 Å². The van der Waals surface area contributed by atoms with Gasteiger partial charge in [0.15, 0.2) is 9.84 Å². The highest BCUT2D eigenvalue weighted by atomic mass is 32.2. The highest BCUT2D eigenvalue weighted by molar-refractivity contribution is 7.92. The predicted molar refractivity (Wildman–Crippen MR) is 34.1 cm³/mol. The summed E-state index contributed by atoms with van der Waals surface area (Å²) in [6.45, 7) is 0. The molecule has 0 bridgehead atoms. The molecule has 0 fully saturated rings. The lowest BCUT2D eigenvalue weighted by atomic mass is 10.8. The third-order valence-electron chi connectivity index (χ3n) is 0.736. The van der Waals surface area contributed by atoms with Crippen LogP contribution in [0.2, 0.25) is 0 Å². The fourth-order valence-corrected chi connectivity index (χ4v) is 1.57. The van der Waals surface area contributed by atoms with Gasteiger partial charge in [-0.2, -0.15) is 4.37 Å². The van der Waals surface area contributed by atoms with Crippen LogP contribution in [-0.4, -0.2) is 19.0 Å². The SMILES string of the molecule is CS(=O)(=O)c1c[c]ns1. The molecule has 5 heteroatoms. The van der Waals surface area contributed by atoms with Gasteiger partial charge in [-0.3, -0.25) is 0 Å². The maximum absolute atomic E-state index is 10.6. The minimum Gasteiger partial charge on any atom is -0.223 e. The van der Waals surface area contributed by atoms with Crippen LogP contribution in [0.4, 0.5) is 0 Å². The van der Waals surface area contributed by atoms with E-state index in [1.807, 2.05) is 0 Å². The quantitative estimate of drug-likeness (QED) is 0.598. The average molecular weight is 162 g/mol. The summed E-state index contributed by atoms with van der Waals surface area (Å²) in [5.74, 6) is 0. The van der Waals surface area contributed by atoms with Crippen LogP contribution >= 0.6 is 11.5 Å². The number of sulfone groups is 1. The molecule has 0 aliphatic rings. The number of hydrogen-bond acceptors (Lipinski definition) is 4. The molecule has 0 aromatic carbocycles. The van der Waals surface area contributed by atoms with Crippen LogP contribution in [0.5, 0.6) is 0 Å². The van der Waals surface area contributed by atoms with Crippen LogP contribution in [0.1, 0.15) is 0 Å². The molecule has 0 spiro atoms. The van der Waals surface area contributed by atoms with Gasteiger partial charge in [-0.25, -0.2) is 8.42 Å². The Kier molecular flexibility index (Phi) is 1.54. The van der Waals surface area contributed by atoms with Crippen molar-refractivity contribution in [2.75, 3.05) is 6.26 Å². The molecule has 0 N–H and O–H groups in total. The molecule has 49 valence electrons. The highest BCUT2D eigenvalue weighted by Gasteiger charge is 2.07. The van der Waals surface area contributed by atoms with Crippen LogP contribution in [0.3, 0.4) is 0 Å². The van der Waals surface area contributed by atoms with Gasteiger partial charge in [0.05, 0.1) is 0 Å². The molecule has 0 amide bonds. The van der Waals surface area contributed by atoms with E-state index >= 15 is 0 Å². The van der Waals surface area contributed by atoms with E-state index in [2.05, 4.69) is 10.6 Å². The lowest BCUT2D eigenvalue weighted by molar-refractivity contribution is 0.604. The highest BCUT2D eigenvalue weighted by Crippen LogP contribution is 2.10. The lowest BCUT2D eigenvalue weighted by Crippen LogP contribution is -1.91. The minimum atomic E-state index is -3.03. The number of aromatic nitrogens is 1. The molecule has 1 rings (SSSR count). The van der Waals surface area contributed by atoms with Crippen molar-refractivity contribution in [2.45, 2.75) is 4.21 Å². The van der Waals surface area contributed by atoms with Crippen molar-refractivity contribution in [3.8, 4) is 0 Å². The first-order valence-corrected chi connectivity index (χ1v) is 4.80. The van der Waals surface area contributed by atoms with Gasteiger partial charge in [-0.05, 0) is 17.6 Å². The molecule has 0 atom stereocenters. The van der Waals surface area contributed by atoms with Crippen LogP contribution in [0, 0.1) is 6.20 Å². The van der Waals surface area contributed by atoms with E-state index in [1.165, 1.54) is 6.07 Å². The first kappa shape index (κ1) is 6.70. The molecule has 1 aromatic rings. The van der Waals surface area contributed by atoms with Crippen LogP contribution in [0.15, 0.2) is 10.3 Å². The van der Waals surface area contributed by atoms with Gasteiger partial charge in [0.2, 0.25) is 0 Å². The van der Waals surface area contributed by atoms with E-state index in [-0.39, 0.29) is 4.21 Å². The monoisotopic (exact) mass is 162 g/mol. The van der Waals surface area contributed by atoms with Crippen molar-refractivity contribution < 1.29 is 8.42 Å². The zero-order chi connectivity index (χ0) is 6.91. The summed E-state index contributed by atoms with van der Waals surface area (Å²) in [6.07, 6.45) is 3.57. The van der Waals surface area contributed by atoms with Crippen molar-refractivity contribution in [3.63, 3.8) is 0 Å². The van der Waals surface area contributed by atoms with E-state index in [4.69, 9.17) is 0 Å². The van der Waals surface area contributed by atoms with Gasteiger partial charge < -0.3 is 0 Å². The van der Waals surface area contributed by atoms with Crippen LogP contribution in [-0.2, 0) is 9.84 Å². The van der Waals surface area contributed by atoms with Gasteiger partial charge in [-0.1, -0.05) is 0 Å². The summed E-state index contributed by atoms with van der Waals surface area (Å²) < 4.78 is 25.1. The summed E-state index contributed by atoms with van der Waals surface area (Å²) >= 11 is 0.936. The second-order valence-corrected chi connectivity index (χ2v) is 4.59. The number of nitrogens with zero attached hydrogens (tertiary/aromatic N) is 1. The molecule has 0 saturated carbocycles. The Hall–Kier alpha value is -0.420. The van der Waals surface area contributed by atoms with Crippen molar-refractivity contribution in [1.29, 1.82) is 0 Å². The van der Waals surface area contributed by atoms with E-state index < -0.39 is 9.84 Å². The Morgan fingerprint density at radius 3 is 2.67 bits per heavy atom. The molecule has 9 heavy (non-hydrogen) atoms. The van der Waals surface area contributed by atoms with Crippen molar-refractivity contribution in [1.82, 2.24) is 4.37 Å². The third-order valence-corrected chi connectivity index (χ3v) is 3.21. The zero-order valence-electron chi connectivity index (χ0n) is 4.66. The second kappa shape index (κ2) is 2.07. The van der Waals surface area contributed by atoms with Gasteiger partial charge in [0.25, 0.3) is 0 Å². The molecule has 1 radical (unpaired) electrons. The largest absolute Gasteiger partial charge is 0.223 e. The molecule has 1 aromatic heterocycles. The summed E-state index contributed by atoms with van der Waals surface area (Å²) in [5.41, 5.74) is 0.